The van der Waals surface area contributed by atoms with Crippen LogP contribution in [-0.2, 0) is 17.4 Å². The van der Waals surface area contributed by atoms with E-state index in [0.29, 0.717) is 27.4 Å². The van der Waals surface area contributed by atoms with E-state index in [9.17, 15) is 18.0 Å². The standard InChI is InChI=1S/C26H20F3N5O2S2/c1-16-5-2-8-19(11-16)34-23(21-9-4-10-36-21)32-33-25(34)37-15-22(35)31-24-30-14-20(38-24)13-17-6-3-7-18(12-17)26(27,28)29/h2-12,14H,13,15H2,1H3,(H,30,31,35). The lowest BCUT2D eigenvalue weighted by Crippen LogP contribution is -2.14. The number of nitrogens with zero attached hydrogens (tertiary/aromatic N) is 4. The van der Waals surface area contributed by atoms with E-state index in [0.717, 1.165) is 28.3 Å². The molecule has 0 saturated heterocycles. The molecule has 2 aromatic carbocycles. The third kappa shape index (κ3) is 5.97. The highest BCUT2D eigenvalue weighted by atomic mass is 32.2. The first-order valence-corrected chi connectivity index (χ1v) is 13.2. The van der Waals surface area contributed by atoms with Crippen LogP contribution in [0, 0.1) is 6.92 Å². The first-order valence-electron chi connectivity index (χ1n) is 11.4. The van der Waals surface area contributed by atoms with E-state index in [1.165, 1.54) is 29.2 Å². The largest absolute Gasteiger partial charge is 0.461 e. The summed E-state index contributed by atoms with van der Waals surface area (Å²) in [5, 5.41) is 12.2. The molecule has 0 fully saturated rings. The van der Waals surface area contributed by atoms with E-state index >= 15 is 0 Å². The Labute approximate surface area is 223 Å². The van der Waals surface area contributed by atoms with Crippen molar-refractivity contribution in [2.24, 2.45) is 0 Å². The summed E-state index contributed by atoms with van der Waals surface area (Å²) < 4.78 is 46.3. The molecule has 0 bridgehead atoms. The normalized spacial score (nSPS) is 11.6. The van der Waals surface area contributed by atoms with Crippen LogP contribution in [-0.4, -0.2) is 31.4 Å². The van der Waals surface area contributed by atoms with Gasteiger partial charge in [0.2, 0.25) is 11.7 Å². The molecule has 1 amide bonds. The fraction of sp³-hybridized carbons (Fsp3) is 0.154. The summed E-state index contributed by atoms with van der Waals surface area (Å²) in [4.78, 5) is 17.6. The number of carbonyl (C=O) groups is 1. The van der Waals surface area contributed by atoms with Gasteiger partial charge in [0.15, 0.2) is 16.0 Å². The molecule has 5 rings (SSSR count). The van der Waals surface area contributed by atoms with E-state index in [2.05, 4.69) is 20.5 Å². The molecule has 5 aromatic rings. The number of aromatic nitrogens is 4. The second-order valence-corrected chi connectivity index (χ2v) is 10.4. The average molecular weight is 556 g/mol. The smallest absolute Gasteiger partial charge is 0.416 e. The predicted molar refractivity (Wildman–Crippen MR) is 140 cm³/mol. The third-order valence-electron chi connectivity index (χ3n) is 5.40. The SMILES string of the molecule is Cc1cccc(-n2c(SCC(=O)Nc3ncc(Cc4cccc(C(F)(F)F)c4)s3)nnc2-c2ccco2)c1. The van der Waals surface area contributed by atoms with Gasteiger partial charge in [0.25, 0.3) is 0 Å². The van der Waals surface area contributed by atoms with Gasteiger partial charge in [-0.2, -0.15) is 13.2 Å². The lowest BCUT2D eigenvalue weighted by molar-refractivity contribution is -0.137. The molecule has 1 N–H and O–H groups in total. The molecular formula is C26H20F3N5O2S2. The van der Waals surface area contributed by atoms with Gasteiger partial charge in [0.1, 0.15) is 0 Å². The minimum Gasteiger partial charge on any atom is -0.461 e. The number of hydrogen-bond acceptors (Lipinski definition) is 7. The van der Waals surface area contributed by atoms with Gasteiger partial charge in [-0.15, -0.1) is 21.5 Å². The number of nitrogens with one attached hydrogen (secondary N) is 1. The van der Waals surface area contributed by atoms with E-state index in [1.807, 2.05) is 35.8 Å². The van der Waals surface area contributed by atoms with E-state index in [4.69, 9.17) is 4.42 Å². The number of alkyl halides is 3. The molecule has 0 unspecified atom stereocenters. The van der Waals surface area contributed by atoms with Crippen LogP contribution in [0.3, 0.4) is 0 Å². The summed E-state index contributed by atoms with van der Waals surface area (Å²) >= 11 is 2.43. The van der Waals surface area contributed by atoms with Crippen LogP contribution in [0.15, 0.2) is 82.7 Å². The van der Waals surface area contributed by atoms with Gasteiger partial charge in [-0.25, -0.2) is 4.98 Å². The average Bonchev–Trinajstić information content (AvgIpc) is 3.64. The number of amides is 1. The van der Waals surface area contributed by atoms with Gasteiger partial charge in [0, 0.05) is 17.5 Å². The number of thioether (sulfide) groups is 1. The topological polar surface area (TPSA) is 85.8 Å². The molecule has 0 aliphatic rings. The Morgan fingerprint density at radius 2 is 1.95 bits per heavy atom. The molecule has 0 radical (unpaired) electrons. The number of aryl methyl sites for hydroxylation is 1. The Morgan fingerprint density at radius 3 is 2.71 bits per heavy atom. The number of thiazole rings is 1. The quantitative estimate of drug-likeness (QED) is 0.216. The number of halogens is 3. The first kappa shape index (κ1) is 25.7. The maximum absolute atomic E-state index is 13.0. The Balaban J connectivity index is 1.26. The van der Waals surface area contributed by atoms with Crippen molar-refractivity contribution in [2.75, 3.05) is 11.1 Å². The lowest BCUT2D eigenvalue weighted by Gasteiger charge is -2.10. The highest BCUT2D eigenvalue weighted by Gasteiger charge is 2.30. The summed E-state index contributed by atoms with van der Waals surface area (Å²) in [6.45, 7) is 1.98. The monoisotopic (exact) mass is 555 g/mol. The number of hydrogen-bond donors (Lipinski definition) is 1. The maximum Gasteiger partial charge on any atom is 0.416 e. The Morgan fingerprint density at radius 1 is 1.11 bits per heavy atom. The fourth-order valence-corrected chi connectivity index (χ4v) is 5.33. The summed E-state index contributed by atoms with van der Waals surface area (Å²) in [6, 6.07) is 16.5. The molecule has 194 valence electrons. The molecule has 0 aliphatic carbocycles. The van der Waals surface area contributed by atoms with Crippen LogP contribution < -0.4 is 5.32 Å². The summed E-state index contributed by atoms with van der Waals surface area (Å²) in [7, 11) is 0. The molecule has 0 saturated carbocycles. The van der Waals surface area contributed by atoms with Crippen molar-refractivity contribution in [3.63, 3.8) is 0 Å². The first-order chi connectivity index (χ1) is 18.3. The van der Waals surface area contributed by atoms with Gasteiger partial charge in [-0.3, -0.25) is 9.36 Å². The summed E-state index contributed by atoms with van der Waals surface area (Å²) in [6.07, 6.45) is -1.01. The molecule has 3 heterocycles. The van der Waals surface area contributed by atoms with Crippen LogP contribution in [0.2, 0.25) is 0 Å². The summed E-state index contributed by atoms with van der Waals surface area (Å²) in [5.74, 6) is 0.812. The Hall–Kier alpha value is -3.90. The van der Waals surface area contributed by atoms with Gasteiger partial charge in [-0.05, 0) is 48.4 Å². The molecule has 7 nitrogen and oxygen atoms in total. The van der Waals surface area contributed by atoms with Gasteiger partial charge < -0.3 is 9.73 Å². The van der Waals surface area contributed by atoms with Crippen LogP contribution in [0.4, 0.5) is 18.3 Å². The molecular weight excluding hydrogens is 535 g/mol. The van der Waals surface area contributed by atoms with Crippen molar-refractivity contribution in [3.8, 4) is 17.3 Å². The number of anilines is 1. The van der Waals surface area contributed by atoms with Gasteiger partial charge in [0.05, 0.1) is 23.3 Å². The Bertz CT molecular complexity index is 1560. The zero-order valence-corrected chi connectivity index (χ0v) is 21.5. The van der Waals surface area contributed by atoms with Crippen LogP contribution >= 0.6 is 23.1 Å². The predicted octanol–water partition coefficient (Wildman–Crippen LogP) is 6.63. The maximum atomic E-state index is 13.0. The van der Waals surface area contributed by atoms with Crippen LogP contribution in [0.5, 0.6) is 0 Å². The van der Waals surface area contributed by atoms with E-state index < -0.39 is 11.7 Å². The van der Waals surface area contributed by atoms with Crippen molar-refractivity contribution in [1.29, 1.82) is 0 Å². The number of carbonyl (C=O) groups excluding carboxylic acids is 1. The van der Waals surface area contributed by atoms with Crippen molar-refractivity contribution >= 4 is 34.1 Å². The molecule has 0 atom stereocenters. The van der Waals surface area contributed by atoms with Crippen molar-refractivity contribution < 1.29 is 22.4 Å². The minimum atomic E-state index is -4.40. The van der Waals surface area contributed by atoms with Crippen LogP contribution in [0.1, 0.15) is 21.6 Å². The number of rotatable bonds is 8. The highest BCUT2D eigenvalue weighted by molar-refractivity contribution is 7.99. The molecule has 0 spiro atoms. The fourth-order valence-electron chi connectivity index (χ4n) is 3.72. The zero-order chi connectivity index (χ0) is 26.7. The molecule has 0 aliphatic heterocycles. The second-order valence-electron chi connectivity index (χ2n) is 8.30. The Kier molecular flexibility index (Phi) is 7.34. The van der Waals surface area contributed by atoms with Crippen molar-refractivity contribution in [2.45, 2.75) is 24.7 Å². The number of furan rings is 1. The lowest BCUT2D eigenvalue weighted by atomic mass is 10.1. The second kappa shape index (κ2) is 10.8. The minimum absolute atomic E-state index is 0.0463. The van der Waals surface area contributed by atoms with Crippen molar-refractivity contribution in [3.05, 3.63) is 94.7 Å². The van der Waals surface area contributed by atoms with E-state index in [1.54, 1.807) is 30.7 Å². The zero-order valence-electron chi connectivity index (χ0n) is 19.9. The van der Waals surface area contributed by atoms with Gasteiger partial charge >= 0.3 is 6.18 Å². The molecule has 38 heavy (non-hydrogen) atoms. The van der Waals surface area contributed by atoms with Gasteiger partial charge in [-0.1, -0.05) is 42.1 Å². The molecule has 3 aromatic heterocycles. The van der Waals surface area contributed by atoms with Crippen LogP contribution in [0.25, 0.3) is 17.3 Å². The third-order valence-corrected chi connectivity index (χ3v) is 7.24. The summed E-state index contributed by atoms with van der Waals surface area (Å²) in [5.41, 5.74) is 1.71. The molecule has 12 heteroatoms. The van der Waals surface area contributed by atoms with E-state index in [-0.39, 0.29) is 18.1 Å². The number of benzene rings is 2. The highest BCUT2D eigenvalue weighted by Crippen LogP contribution is 2.31. The van der Waals surface area contributed by atoms with Crippen molar-refractivity contribution in [1.82, 2.24) is 19.7 Å².